The minimum absolute atomic E-state index is 0.538. The molecule has 104 valence electrons. The number of hydrogen-bond acceptors (Lipinski definition) is 4. The first-order valence-electron chi connectivity index (χ1n) is 6.78. The molecule has 0 unspecified atom stereocenters. The van der Waals surface area contributed by atoms with Crippen molar-refractivity contribution in [3.63, 3.8) is 0 Å². The predicted molar refractivity (Wildman–Crippen MR) is 78.1 cm³/mol. The summed E-state index contributed by atoms with van der Waals surface area (Å²) in [7, 11) is 2.14. The molecule has 0 atom stereocenters. The van der Waals surface area contributed by atoms with Gasteiger partial charge in [0, 0.05) is 31.9 Å². The van der Waals surface area contributed by atoms with Crippen molar-refractivity contribution in [1.82, 2.24) is 25.2 Å². The summed E-state index contributed by atoms with van der Waals surface area (Å²) in [6.07, 6.45) is 1.83. The van der Waals surface area contributed by atoms with Gasteiger partial charge in [-0.1, -0.05) is 13.8 Å². The van der Waals surface area contributed by atoms with Crippen LogP contribution in [0.2, 0.25) is 0 Å². The quantitative estimate of drug-likeness (QED) is 0.831. The summed E-state index contributed by atoms with van der Waals surface area (Å²) in [4.78, 5) is 14.2. The van der Waals surface area contributed by atoms with E-state index in [-0.39, 0.29) is 0 Å². The van der Waals surface area contributed by atoms with Gasteiger partial charge in [-0.2, -0.15) is 0 Å². The number of aromatic amines is 1. The lowest BCUT2D eigenvalue weighted by molar-refractivity contribution is 0.321. The average molecular weight is 261 g/mol. The van der Waals surface area contributed by atoms with Gasteiger partial charge in [0.2, 0.25) is 0 Å². The number of rotatable bonds is 6. The summed E-state index contributed by atoms with van der Waals surface area (Å²) in [5.74, 6) is 0.916. The van der Waals surface area contributed by atoms with E-state index in [9.17, 15) is 0 Å². The summed E-state index contributed by atoms with van der Waals surface area (Å²) in [5, 5.41) is 3.43. The second-order valence-electron chi connectivity index (χ2n) is 5.34. The first kappa shape index (κ1) is 14.0. The zero-order valence-corrected chi connectivity index (χ0v) is 12.2. The van der Waals surface area contributed by atoms with Crippen LogP contribution in [0.3, 0.4) is 0 Å². The lowest BCUT2D eigenvalue weighted by Gasteiger charge is -2.18. The Morgan fingerprint density at radius 3 is 2.95 bits per heavy atom. The predicted octanol–water partition coefficient (Wildman–Crippen LogP) is 1.70. The van der Waals surface area contributed by atoms with Crippen LogP contribution in [-0.2, 0) is 6.54 Å². The number of fused-ring (bicyclic) bond motifs is 1. The van der Waals surface area contributed by atoms with Crippen molar-refractivity contribution in [2.75, 3.05) is 20.1 Å². The van der Waals surface area contributed by atoms with Crippen LogP contribution in [0.4, 0.5) is 0 Å². The Hall–Kier alpha value is -1.46. The molecule has 0 amide bonds. The zero-order chi connectivity index (χ0) is 13.8. The molecule has 0 aliphatic carbocycles. The van der Waals surface area contributed by atoms with E-state index in [0.717, 1.165) is 36.6 Å². The van der Waals surface area contributed by atoms with Crippen LogP contribution in [0, 0.1) is 6.92 Å². The van der Waals surface area contributed by atoms with E-state index in [1.165, 1.54) is 5.56 Å². The van der Waals surface area contributed by atoms with E-state index in [2.05, 4.69) is 52.1 Å². The summed E-state index contributed by atoms with van der Waals surface area (Å²) < 4.78 is 0. The molecule has 0 aliphatic rings. The SMILES string of the molecule is Cc1nc2nccc(CN(C)CCNC(C)C)c2[nH]1. The molecule has 0 spiro atoms. The van der Waals surface area contributed by atoms with Gasteiger partial charge < -0.3 is 15.2 Å². The first-order chi connectivity index (χ1) is 9.06. The molecule has 0 aliphatic heterocycles. The van der Waals surface area contributed by atoms with Crippen molar-refractivity contribution in [2.45, 2.75) is 33.4 Å². The number of imidazole rings is 1. The second kappa shape index (κ2) is 6.12. The number of pyridine rings is 1. The third kappa shape index (κ3) is 3.75. The molecular weight excluding hydrogens is 238 g/mol. The highest BCUT2D eigenvalue weighted by Crippen LogP contribution is 2.15. The lowest BCUT2D eigenvalue weighted by atomic mass is 10.2. The van der Waals surface area contributed by atoms with Crippen molar-refractivity contribution < 1.29 is 0 Å². The number of nitrogens with zero attached hydrogens (tertiary/aromatic N) is 3. The fraction of sp³-hybridized carbons (Fsp3) is 0.571. The molecule has 0 radical (unpaired) electrons. The molecular formula is C14H23N5. The van der Waals surface area contributed by atoms with Gasteiger partial charge in [0.15, 0.2) is 5.65 Å². The van der Waals surface area contributed by atoms with E-state index < -0.39 is 0 Å². The smallest absolute Gasteiger partial charge is 0.177 e. The largest absolute Gasteiger partial charge is 0.341 e. The molecule has 5 heteroatoms. The van der Waals surface area contributed by atoms with Crippen LogP contribution in [0.1, 0.15) is 25.2 Å². The molecule has 0 saturated carbocycles. The van der Waals surface area contributed by atoms with E-state index in [4.69, 9.17) is 0 Å². The Morgan fingerprint density at radius 2 is 2.21 bits per heavy atom. The Balaban J connectivity index is 2.00. The molecule has 5 nitrogen and oxygen atoms in total. The van der Waals surface area contributed by atoms with Gasteiger partial charge in [-0.05, 0) is 25.6 Å². The molecule has 2 rings (SSSR count). The van der Waals surface area contributed by atoms with Crippen LogP contribution in [0.5, 0.6) is 0 Å². The van der Waals surface area contributed by atoms with E-state index in [0.29, 0.717) is 6.04 Å². The molecule has 2 aromatic heterocycles. The van der Waals surface area contributed by atoms with Crippen molar-refractivity contribution in [2.24, 2.45) is 0 Å². The highest BCUT2D eigenvalue weighted by atomic mass is 15.1. The molecule has 0 aromatic carbocycles. The van der Waals surface area contributed by atoms with E-state index >= 15 is 0 Å². The van der Waals surface area contributed by atoms with Crippen molar-refractivity contribution in [3.8, 4) is 0 Å². The van der Waals surface area contributed by atoms with E-state index in [1.807, 2.05) is 13.1 Å². The molecule has 0 bridgehead atoms. The van der Waals surface area contributed by atoms with Gasteiger partial charge in [0.05, 0.1) is 5.52 Å². The Morgan fingerprint density at radius 1 is 1.42 bits per heavy atom. The van der Waals surface area contributed by atoms with Crippen LogP contribution < -0.4 is 5.32 Å². The van der Waals surface area contributed by atoms with Gasteiger partial charge in [-0.25, -0.2) is 9.97 Å². The highest BCUT2D eigenvalue weighted by molar-refractivity contribution is 5.74. The van der Waals surface area contributed by atoms with Crippen LogP contribution >= 0.6 is 0 Å². The molecule has 2 heterocycles. The molecule has 0 fully saturated rings. The monoisotopic (exact) mass is 261 g/mol. The average Bonchev–Trinajstić information content (AvgIpc) is 2.70. The van der Waals surface area contributed by atoms with Gasteiger partial charge in [-0.3, -0.25) is 0 Å². The normalized spacial score (nSPS) is 11.9. The zero-order valence-electron chi connectivity index (χ0n) is 12.2. The van der Waals surface area contributed by atoms with Crippen molar-refractivity contribution in [3.05, 3.63) is 23.7 Å². The maximum Gasteiger partial charge on any atom is 0.177 e. The minimum atomic E-state index is 0.538. The third-order valence-corrected chi connectivity index (χ3v) is 3.08. The highest BCUT2D eigenvalue weighted by Gasteiger charge is 2.08. The maximum absolute atomic E-state index is 4.37. The number of likely N-dealkylation sites (N-methyl/N-ethyl adjacent to an activating group) is 1. The number of aromatic nitrogens is 3. The standard InChI is InChI=1S/C14H23N5/c1-10(2)15-7-8-19(4)9-12-5-6-16-14-13(12)17-11(3)18-14/h5-6,10,15H,7-9H2,1-4H3,(H,16,17,18). The molecule has 2 N–H and O–H groups in total. The van der Waals surface area contributed by atoms with E-state index in [1.54, 1.807) is 0 Å². The van der Waals surface area contributed by atoms with Gasteiger partial charge >= 0.3 is 0 Å². The molecule has 2 aromatic rings. The summed E-state index contributed by atoms with van der Waals surface area (Å²) in [6.45, 7) is 9.22. The lowest BCUT2D eigenvalue weighted by Crippen LogP contribution is -2.32. The van der Waals surface area contributed by atoms with Gasteiger partial charge in [0.1, 0.15) is 5.82 Å². The summed E-state index contributed by atoms with van der Waals surface area (Å²) in [5.41, 5.74) is 3.12. The topological polar surface area (TPSA) is 56.8 Å². The number of aryl methyl sites for hydroxylation is 1. The Bertz CT molecular complexity index is 532. The van der Waals surface area contributed by atoms with Gasteiger partial charge in [0.25, 0.3) is 0 Å². The fourth-order valence-corrected chi connectivity index (χ4v) is 2.12. The second-order valence-corrected chi connectivity index (χ2v) is 5.34. The third-order valence-electron chi connectivity index (χ3n) is 3.08. The number of H-pyrrole nitrogens is 1. The van der Waals surface area contributed by atoms with Gasteiger partial charge in [-0.15, -0.1) is 0 Å². The van der Waals surface area contributed by atoms with Crippen molar-refractivity contribution in [1.29, 1.82) is 0 Å². The summed E-state index contributed by atoms with van der Waals surface area (Å²) >= 11 is 0. The Labute approximate surface area is 114 Å². The Kier molecular flexibility index (Phi) is 4.50. The van der Waals surface area contributed by atoms with Crippen LogP contribution in [0.15, 0.2) is 12.3 Å². The summed E-state index contributed by atoms with van der Waals surface area (Å²) in [6, 6.07) is 2.60. The number of hydrogen-bond donors (Lipinski definition) is 2. The fourth-order valence-electron chi connectivity index (χ4n) is 2.12. The van der Waals surface area contributed by atoms with Crippen LogP contribution in [0.25, 0.3) is 11.2 Å². The van der Waals surface area contributed by atoms with Crippen molar-refractivity contribution >= 4 is 11.2 Å². The maximum atomic E-state index is 4.37. The number of nitrogens with one attached hydrogen (secondary N) is 2. The molecule has 19 heavy (non-hydrogen) atoms. The van der Waals surface area contributed by atoms with Crippen LogP contribution in [-0.4, -0.2) is 46.0 Å². The minimum Gasteiger partial charge on any atom is -0.341 e. The first-order valence-corrected chi connectivity index (χ1v) is 6.78. The molecule has 0 saturated heterocycles.